The summed E-state index contributed by atoms with van der Waals surface area (Å²) in [5, 5.41) is 3.44. The van der Waals surface area contributed by atoms with Gasteiger partial charge in [-0.1, -0.05) is 48.0 Å². The molecule has 2 aromatic carbocycles. The van der Waals surface area contributed by atoms with E-state index in [0.29, 0.717) is 0 Å². The zero-order chi connectivity index (χ0) is 17.8. The van der Waals surface area contributed by atoms with Gasteiger partial charge in [-0.05, 0) is 38.3 Å². The first-order valence-corrected chi connectivity index (χ1v) is 9.31. The second-order valence-corrected chi connectivity index (χ2v) is 6.84. The Hall–Kier alpha value is -2.88. The highest BCUT2D eigenvalue weighted by molar-refractivity contribution is 5.67. The summed E-state index contributed by atoms with van der Waals surface area (Å²) in [7, 11) is 0. The third-order valence-corrected chi connectivity index (χ3v) is 4.75. The smallest absolute Gasteiger partial charge is 0.227 e. The molecule has 0 spiro atoms. The first-order valence-electron chi connectivity index (χ1n) is 9.31. The predicted molar refractivity (Wildman–Crippen MR) is 108 cm³/mol. The van der Waals surface area contributed by atoms with Gasteiger partial charge < -0.3 is 10.2 Å². The van der Waals surface area contributed by atoms with Crippen molar-refractivity contribution in [1.82, 2.24) is 9.97 Å². The Morgan fingerprint density at radius 3 is 2.31 bits per heavy atom. The maximum absolute atomic E-state index is 4.86. The van der Waals surface area contributed by atoms with Gasteiger partial charge >= 0.3 is 0 Å². The van der Waals surface area contributed by atoms with Crippen molar-refractivity contribution in [3.05, 3.63) is 66.2 Å². The van der Waals surface area contributed by atoms with Crippen LogP contribution in [-0.2, 0) is 0 Å². The van der Waals surface area contributed by atoms with Crippen LogP contribution in [-0.4, -0.2) is 23.1 Å². The summed E-state index contributed by atoms with van der Waals surface area (Å²) < 4.78 is 0. The lowest BCUT2D eigenvalue weighted by Gasteiger charge is -2.27. The summed E-state index contributed by atoms with van der Waals surface area (Å²) >= 11 is 0. The summed E-state index contributed by atoms with van der Waals surface area (Å²) in [4.78, 5) is 12.0. The number of aryl methyl sites for hydroxylation is 1. The van der Waals surface area contributed by atoms with Crippen LogP contribution in [0.4, 0.5) is 17.5 Å². The van der Waals surface area contributed by atoms with Crippen molar-refractivity contribution in [3.8, 4) is 11.3 Å². The number of benzene rings is 2. The summed E-state index contributed by atoms with van der Waals surface area (Å²) in [6.07, 6.45) is 3.71. The third kappa shape index (κ3) is 3.85. The molecule has 0 unspecified atom stereocenters. The maximum Gasteiger partial charge on any atom is 0.227 e. The fraction of sp³-hybridized carbons (Fsp3) is 0.273. The summed E-state index contributed by atoms with van der Waals surface area (Å²) in [6, 6.07) is 20.7. The molecule has 0 atom stereocenters. The molecule has 1 aliphatic rings. The Morgan fingerprint density at radius 2 is 1.58 bits per heavy atom. The van der Waals surface area contributed by atoms with Crippen LogP contribution in [0.15, 0.2) is 60.7 Å². The van der Waals surface area contributed by atoms with Crippen LogP contribution in [0.2, 0.25) is 0 Å². The third-order valence-electron chi connectivity index (χ3n) is 4.75. The Kier molecular flexibility index (Phi) is 4.82. The summed E-state index contributed by atoms with van der Waals surface area (Å²) in [6.45, 7) is 4.15. The first-order chi connectivity index (χ1) is 12.8. The number of hydrogen-bond donors (Lipinski definition) is 1. The first kappa shape index (κ1) is 16.6. The van der Waals surface area contributed by atoms with Gasteiger partial charge in [-0.2, -0.15) is 4.98 Å². The van der Waals surface area contributed by atoms with E-state index in [1.54, 1.807) is 0 Å². The molecular formula is C22H24N4. The van der Waals surface area contributed by atoms with E-state index >= 15 is 0 Å². The maximum atomic E-state index is 4.86. The van der Waals surface area contributed by atoms with Gasteiger partial charge in [-0.3, -0.25) is 0 Å². The van der Waals surface area contributed by atoms with Gasteiger partial charge in [0, 0.05) is 30.4 Å². The number of rotatable bonds is 4. The highest BCUT2D eigenvalue weighted by Gasteiger charge is 2.16. The molecule has 26 heavy (non-hydrogen) atoms. The van der Waals surface area contributed by atoms with Crippen LogP contribution in [0.5, 0.6) is 0 Å². The fourth-order valence-corrected chi connectivity index (χ4v) is 3.28. The molecule has 1 aliphatic heterocycles. The number of hydrogen-bond acceptors (Lipinski definition) is 4. The molecule has 3 aromatic rings. The largest absolute Gasteiger partial charge is 0.341 e. The lowest BCUT2D eigenvalue weighted by Crippen LogP contribution is -2.31. The van der Waals surface area contributed by atoms with Crippen molar-refractivity contribution in [1.29, 1.82) is 0 Å². The summed E-state index contributed by atoms with van der Waals surface area (Å²) in [5.41, 5.74) is 4.35. The number of anilines is 3. The van der Waals surface area contributed by atoms with E-state index in [1.807, 2.05) is 24.3 Å². The van der Waals surface area contributed by atoms with Crippen LogP contribution >= 0.6 is 0 Å². The summed E-state index contributed by atoms with van der Waals surface area (Å²) in [5.74, 6) is 1.66. The minimum absolute atomic E-state index is 0.820. The average Bonchev–Trinajstić information content (AvgIpc) is 2.71. The van der Waals surface area contributed by atoms with Gasteiger partial charge in [0.2, 0.25) is 5.95 Å². The normalized spacial score (nSPS) is 14.3. The van der Waals surface area contributed by atoms with E-state index in [9.17, 15) is 0 Å². The fourth-order valence-electron chi connectivity index (χ4n) is 3.28. The minimum atomic E-state index is 0.820. The quantitative estimate of drug-likeness (QED) is 0.707. The molecular weight excluding hydrogens is 320 g/mol. The standard InChI is InChI=1S/C22H24N4/c1-17-10-12-19(13-11-17)23-21-16-20(18-8-4-2-5-9-18)24-22(25-21)26-14-6-3-7-15-26/h2,4-5,8-13,16H,3,6-7,14-15H2,1H3,(H,23,24,25). The molecule has 0 saturated carbocycles. The van der Waals surface area contributed by atoms with Gasteiger partial charge in [0.25, 0.3) is 0 Å². The molecule has 0 radical (unpaired) electrons. The number of nitrogens with zero attached hydrogens (tertiary/aromatic N) is 3. The van der Waals surface area contributed by atoms with Crippen LogP contribution in [0.25, 0.3) is 11.3 Å². The van der Waals surface area contributed by atoms with Gasteiger partial charge in [-0.25, -0.2) is 4.98 Å². The lowest BCUT2D eigenvalue weighted by atomic mass is 10.1. The van der Waals surface area contributed by atoms with E-state index in [4.69, 9.17) is 9.97 Å². The molecule has 0 bridgehead atoms. The lowest BCUT2D eigenvalue weighted by molar-refractivity contribution is 0.568. The second kappa shape index (κ2) is 7.56. The van der Waals surface area contributed by atoms with Crippen molar-refractivity contribution in [2.75, 3.05) is 23.3 Å². The zero-order valence-corrected chi connectivity index (χ0v) is 15.2. The van der Waals surface area contributed by atoms with E-state index in [2.05, 4.69) is 53.5 Å². The monoisotopic (exact) mass is 344 g/mol. The van der Waals surface area contributed by atoms with E-state index < -0.39 is 0 Å². The molecule has 4 rings (SSSR count). The van der Waals surface area contributed by atoms with Gasteiger partial charge in [0.05, 0.1) is 5.69 Å². The molecule has 0 aliphatic carbocycles. The minimum Gasteiger partial charge on any atom is -0.341 e. The molecule has 4 nitrogen and oxygen atoms in total. The van der Waals surface area contributed by atoms with Crippen LogP contribution in [0.3, 0.4) is 0 Å². The molecule has 132 valence electrons. The van der Waals surface area contributed by atoms with Crippen LogP contribution < -0.4 is 10.2 Å². The second-order valence-electron chi connectivity index (χ2n) is 6.84. The molecule has 1 aromatic heterocycles. The van der Waals surface area contributed by atoms with Crippen molar-refractivity contribution < 1.29 is 0 Å². The Labute approximate surface area is 154 Å². The highest BCUT2D eigenvalue weighted by Crippen LogP contribution is 2.26. The molecule has 2 heterocycles. The molecule has 0 amide bonds. The highest BCUT2D eigenvalue weighted by atomic mass is 15.3. The number of piperidine rings is 1. The molecule has 1 saturated heterocycles. The number of nitrogens with one attached hydrogen (secondary N) is 1. The van der Waals surface area contributed by atoms with E-state index in [0.717, 1.165) is 41.8 Å². The van der Waals surface area contributed by atoms with E-state index in [-0.39, 0.29) is 0 Å². The SMILES string of the molecule is Cc1ccc(Nc2cc(-c3ccccc3)nc(N3CCCCC3)n2)cc1. The van der Waals surface area contributed by atoms with Crippen LogP contribution in [0, 0.1) is 6.92 Å². The van der Waals surface area contributed by atoms with Crippen molar-refractivity contribution in [2.24, 2.45) is 0 Å². The van der Waals surface area contributed by atoms with Gasteiger partial charge in [0.15, 0.2) is 0 Å². The van der Waals surface area contributed by atoms with Crippen molar-refractivity contribution >= 4 is 17.5 Å². The Morgan fingerprint density at radius 1 is 0.846 bits per heavy atom. The van der Waals surface area contributed by atoms with Gasteiger partial charge in [0.1, 0.15) is 5.82 Å². The Bertz CT molecular complexity index is 853. The molecule has 4 heteroatoms. The van der Waals surface area contributed by atoms with Crippen LogP contribution in [0.1, 0.15) is 24.8 Å². The van der Waals surface area contributed by atoms with E-state index in [1.165, 1.54) is 24.8 Å². The van der Waals surface area contributed by atoms with Crippen molar-refractivity contribution in [3.63, 3.8) is 0 Å². The van der Waals surface area contributed by atoms with Gasteiger partial charge in [-0.15, -0.1) is 0 Å². The topological polar surface area (TPSA) is 41.1 Å². The Balaban J connectivity index is 1.70. The predicted octanol–water partition coefficient (Wildman–Crippen LogP) is 5.19. The number of aromatic nitrogens is 2. The molecule has 1 fully saturated rings. The zero-order valence-electron chi connectivity index (χ0n) is 15.2. The molecule has 1 N–H and O–H groups in total. The average molecular weight is 344 g/mol. The van der Waals surface area contributed by atoms with Crippen molar-refractivity contribution in [2.45, 2.75) is 26.2 Å².